The summed E-state index contributed by atoms with van der Waals surface area (Å²) in [6, 6.07) is 9.92. The largest absolute Gasteiger partial charge is 0.457 e. The van der Waals surface area contributed by atoms with Gasteiger partial charge in [-0.05, 0) is 101 Å². The molecule has 0 saturated carbocycles. The van der Waals surface area contributed by atoms with Gasteiger partial charge in [0.05, 0.1) is 11.2 Å². The van der Waals surface area contributed by atoms with Gasteiger partial charge in [0.25, 0.3) is 0 Å². The lowest BCUT2D eigenvalue weighted by atomic mass is 9.55. The summed E-state index contributed by atoms with van der Waals surface area (Å²) >= 11 is 6.12. The molecule has 38 heavy (non-hydrogen) atoms. The van der Waals surface area contributed by atoms with Crippen LogP contribution >= 0.6 is 11.6 Å². The Morgan fingerprint density at radius 3 is 1.97 bits per heavy atom. The number of fused-ring (bicyclic) bond motifs is 2. The van der Waals surface area contributed by atoms with Gasteiger partial charge in [-0.1, -0.05) is 64.3 Å². The molecular weight excluding hydrogens is 495 g/mol. The zero-order chi connectivity index (χ0) is 28.4. The Hall–Kier alpha value is -1.17. The number of hydrogen-bond acceptors (Lipinski definition) is 5. The van der Waals surface area contributed by atoms with Crippen LogP contribution in [0.2, 0.25) is 11.3 Å². The van der Waals surface area contributed by atoms with Gasteiger partial charge in [0, 0.05) is 23.7 Å². The number of halogens is 1. The monoisotopic (exact) mass is 544 g/mol. The predicted molar refractivity (Wildman–Crippen MR) is 157 cm³/mol. The number of benzene rings is 1. The molecule has 4 rings (SSSR count). The Labute approximate surface area is 237 Å². The molecule has 3 saturated heterocycles. The van der Waals surface area contributed by atoms with Gasteiger partial charge in [-0.3, -0.25) is 4.90 Å². The van der Waals surface area contributed by atoms with Gasteiger partial charge in [0.1, 0.15) is 0 Å². The van der Waals surface area contributed by atoms with Gasteiger partial charge in [-0.25, -0.2) is 10.2 Å². The highest BCUT2D eigenvalue weighted by Crippen LogP contribution is 2.55. The summed E-state index contributed by atoms with van der Waals surface area (Å²) in [7, 11) is -0.0622. The second-order valence-corrected chi connectivity index (χ2v) is 14.5. The normalized spacial score (nSPS) is 27.8. The molecule has 0 amide bonds. The molecule has 5 nitrogen and oxygen atoms in total. The highest BCUT2D eigenvalue weighted by molar-refractivity contribution is 6.45. The molecule has 7 heteroatoms. The van der Waals surface area contributed by atoms with E-state index in [-0.39, 0.29) is 18.3 Å². The minimum atomic E-state index is -0.225. The van der Waals surface area contributed by atoms with E-state index in [0.29, 0.717) is 10.8 Å². The summed E-state index contributed by atoms with van der Waals surface area (Å²) in [5, 5.41) is 6.23. The number of hydrogen-bond donors (Lipinski definition) is 1. The minimum Gasteiger partial charge on any atom is -0.403 e. The molecule has 0 spiro atoms. The van der Waals surface area contributed by atoms with E-state index in [0.717, 1.165) is 42.0 Å². The number of nitrogens with zero attached hydrogens (tertiary/aromatic N) is 1. The van der Waals surface area contributed by atoms with Crippen molar-refractivity contribution in [1.29, 1.82) is 5.41 Å². The summed E-state index contributed by atoms with van der Waals surface area (Å²) in [5.41, 5.74) is 1.58. The molecule has 1 aromatic rings. The van der Waals surface area contributed by atoms with Crippen molar-refractivity contribution in [1.82, 2.24) is 4.90 Å². The maximum absolute atomic E-state index is 8.35. The third kappa shape index (κ3) is 6.93. The third-order valence-corrected chi connectivity index (χ3v) is 10.7. The third-order valence-electron chi connectivity index (χ3n) is 10.5. The van der Waals surface area contributed by atoms with Crippen molar-refractivity contribution in [2.45, 2.75) is 136 Å². The lowest BCUT2D eigenvalue weighted by molar-refractivity contribution is -0.0351. The molecule has 2 bridgehead atoms. The predicted octanol–water partition coefficient (Wildman–Crippen LogP) is 8.30. The van der Waals surface area contributed by atoms with Crippen LogP contribution in [-0.2, 0) is 20.6 Å². The molecule has 3 aliphatic rings. The van der Waals surface area contributed by atoms with Crippen LogP contribution < -0.4 is 0 Å². The Balaban J connectivity index is 0.00000127. The first-order valence-electron chi connectivity index (χ1n) is 14.5. The summed E-state index contributed by atoms with van der Waals surface area (Å²) in [4.78, 5) is 11.2. The van der Waals surface area contributed by atoms with Gasteiger partial charge in [-0.15, -0.1) is 0 Å². The molecular formula is C31H50BClN2O3. The average molecular weight is 545 g/mol. The van der Waals surface area contributed by atoms with Crippen molar-refractivity contribution in [2.24, 2.45) is 16.7 Å². The summed E-state index contributed by atoms with van der Waals surface area (Å²) in [6.45, 7) is 19.7. The minimum absolute atomic E-state index is 0.0622. The quantitative estimate of drug-likeness (QED) is 0.155. The lowest BCUT2D eigenvalue weighted by Gasteiger charge is -2.53. The van der Waals surface area contributed by atoms with E-state index in [1.54, 1.807) is 0 Å². The van der Waals surface area contributed by atoms with Crippen molar-refractivity contribution in [2.75, 3.05) is 0 Å². The smallest absolute Gasteiger partial charge is 0.403 e. The molecule has 1 aromatic carbocycles. The molecule has 3 heterocycles. The van der Waals surface area contributed by atoms with Crippen molar-refractivity contribution in [3.63, 3.8) is 0 Å². The SMILES string of the molecule is CC(C)(C)C(C)(CCCCB1OC(C)(C)C(C)(C)O1)C1CC2CCC(C1)N2Cc1ccc(Cl)cc1.N=C=O. The fraction of sp³-hybridized carbons (Fsp3) is 0.774. The highest BCUT2D eigenvalue weighted by Gasteiger charge is 2.52. The number of unbranched alkanes of at least 4 members (excludes halogenated alkanes) is 1. The molecule has 3 atom stereocenters. The van der Waals surface area contributed by atoms with Crippen LogP contribution in [0.15, 0.2) is 24.3 Å². The van der Waals surface area contributed by atoms with E-state index in [1.165, 1.54) is 50.5 Å². The fourth-order valence-electron chi connectivity index (χ4n) is 6.93. The first kappa shape index (κ1) is 31.4. The summed E-state index contributed by atoms with van der Waals surface area (Å²) < 4.78 is 12.5. The second kappa shape index (κ2) is 12.1. The number of isocyanates is 1. The van der Waals surface area contributed by atoms with Crippen LogP contribution in [0.4, 0.5) is 0 Å². The van der Waals surface area contributed by atoms with Gasteiger partial charge in [0.2, 0.25) is 6.08 Å². The number of carbonyl (C=O) groups excluding carboxylic acids is 1. The zero-order valence-corrected chi connectivity index (χ0v) is 25.8. The summed E-state index contributed by atoms with van der Waals surface area (Å²) in [5.74, 6) is 0.790. The van der Waals surface area contributed by atoms with Gasteiger partial charge >= 0.3 is 7.12 Å². The molecule has 0 aromatic heterocycles. The Morgan fingerprint density at radius 2 is 1.50 bits per heavy atom. The van der Waals surface area contributed by atoms with Crippen LogP contribution in [0.5, 0.6) is 0 Å². The van der Waals surface area contributed by atoms with Crippen molar-refractivity contribution in [3.05, 3.63) is 34.9 Å². The maximum Gasteiger partial charge on any atom is 0.457 e. The zero-order valence-electron chi connectivity index (χ0n) is 25.0. The van der Waals surface area contributed by atoms with E-state index >= 15 is 0 Å². The molecule has 3 unspecified atom stereocenters. The van der Waals surface area contributed by atoms with E-state index in [2.05, 4.69) is 72.4 Å². The number of rotatable bonds is 8. The van der Waals surface area contributed by atoms with Gasteiger partial charge in [-0.2, -0.15) is 0 Å². The Morgan fingerprint density at radius 1 is 1.00 bits per heavy atom. The molecule has 0 radical (unpaired) electrons. The molecule has 3 aliphatic heterocycles. The van der Waals surface area contributed by atoms with Crippen molar-refractivity contribution >= 4 is 24.8 Å². The average Bonchev–Trinajstić information content (AvgIpc) is 3.15. The number of piperidine rings is 1. The summed E-state index contributed by atoms with van der Waals surface area (Å²) in [6.07, 6.45) is 10.9. The van der Waals surface area contributed by atoms with Gasteiger partial charge < -0.3 is 9.31 Å². The topological polar surface area (TPSA) is 62.6 Å². The molecule has 212 valence electrons. The Bertz CT molecular complexity index is 925. The molecule has 0 aliphatic carbocycles. The fourth-order valence-corrected chi connectivity index (χ4v) is 7.06. The van der Waals surface area contributed by atoms with E-state index in [9.17, 15) is 0 Å². The number of nitrogens with one attached hydrogen (secondary N) is 1. The molecule has 3 fully saturated rings. The van der Waals surface area contributed by atoms with Crippen LogP contribution in [0.1, 0.15) is 106 Å². The van der Waals surface area contributed by atoms with E-state index < -0.39 is 0 Å². The second-order valence-electron chi connectivity index (χ2n) is 14.1. The first-order valence-corrected chi connectivity index (χ1v) is 14.9. The van der Waals surface area contributed by atoms with Crippen LogP contribution in [0, 0.1) is 22.2 Å². The van der Waals surface area contributed by atoms with Crippen molar-refractivity contribution in [3.8, 4) is 0 Å². The van der Waals surface area contributed by atoms with Crippen LogP contribution in [0.3, 0.4) is 0 Å². The first-order chi connectivity index (χ1) is 17.6. The molecule has 1 N–H and O–H groups in total. The van der Waals surface area contributed by atoms with E-state index in [1.807, 2.05) is 12.1 Å². The van der Waals surface area contributed by atoms with Crippen LogP contribution in [-0.4, -0.2) is 41.4 Å². The maximum atomic E-state index is 8.35. The Kier molecular flexibility index (Phi) is 10.0. The van der Waals surface area contributed by atoms with Gasteiger partial charge in [0.15, 0.2) is 0 Å². The van der Waals surface area contributed by atoms with Crippen LogP contribution in [0.25, 0.3) is 0 Å². The standard InChI is InChI=1S/C30H49BClNO2.CHNO/c1-27(2,3)30(8,17-9-10-18-31-34-28(4,5)29(6,7)35-31)23-19-25-15-16-26(20-23)33(25)21-22-11-13-24(32)14-12-22;2-1-3/h11-14,23,25-26H,9-10,15-21H2,1-8H3;2H. The van der Waals surface area contributed by atoms with E-state index in [4.69, 9.17) is 31.1 Å². The highest BCUT2D eigenvalue weighted by atomic mass is 35.5. The lowest BCUT2D eigenvalue weighted by Crippen LogP contribution is -2.49. The van der Waals surface area contributed by atoms with Crippen molar-refractivity contribution < 1.29 is 14.1 Å².